The van der Waals surface area contributed by atoms with Crippen LogP contribution in [0.1, 0.15) is 5.56 Å². The predicted molar refractivity (Wildman–Crippen MR) is 117 cm³/mol. The molecule has 5 rings (SSSR count). The molecule has 0 atom stereocenters. The Balaban J connectivity index is 1.32. The van der Waals surface area contributed by atoms with Gasteiger partial charge in [-0.2, -0.15) is 9.40 Å². The lowest BCUT2D eigenvalue weighted by Crippen LogP contribution is -2.48. The smallest absolute Gasteiger partial charge is 0.347 e. The Morgan fingerprint density at radius 3 is 2.42 bits per heavy atom. The molecule has 0 aliphatic carbocycles. The van der Waals surface area contributed by atoms with Gasteiger partial charge in [0.2, 0.25) is 10.0 Å². The van der Waals surface area contributed by atoms with Crippen molar-refractivity contribution in [3.05, 3.63) is 70.7 Å². The number of hydrogen-bond donors (Lipinski definition) is 0. The highest BCUT2D eigenvalue weighted by molar-refractivity contribution is 7.89. The van der Waals surface area contributed by atoms with Gasteiger partial charge in [0.25, 0.3) is 0 Å². The van der Waals surface area contributed by atoms with Gasteiger partial charge in [0.1, 0.15) is 16.5 Å². The van der Waals surface area contributed by atoms with Gasteiger partial charge < -0.3 is 4.42 Å². The van der Waals surface area contributed by atoms with E-state index >= 15 is 0 Å². The van der Waals surface area contributed by atoms with Gasteiger partial charge in [-0.05, 0) is 31.2 Å². The van der Waals surface area contributed by atoms with E-state index in [1.54, 1.807) is 29.1 Å². The number of aromatic nitrogens is 2. The molecule has 0 unspecified atom stereocenters. The maximum atomic E-state index is 12.9. The van der Waals surface area contributed by atoms with E-state index in [0.29, 0.717) is 54.2 Å². The Labute approximate surface area is 179 Å². The molecule has 0 radical (unpaired) electrons. The third-order valence-corrected chi connectivity index (χ3v) is 7.57. The number of fused-ring (bicyclic) bond motifs is 3. The van der Waals surface area contributed by atoms with E-state index in [1.165, 1.54) is 4.31 Å². The van der Waals surface area contributed by atoms with Crippen molar-refractivity contribution in [3.8, 4) is 0 Å². The highest BCUT2D eigenvalue weighted by atomic mass is 32.2. The zero-order valence-corrected chi connectivity index (χ0v) is 17.9. The fourth-order valence-electron chi connectivity index (χ4n) is 3.92. The zero-order valence-electron chi connectivity index (χ0n) is 17.1. The minimum Gasteiger partial charge on any atom is -0.422 e. The SMILES string of the molecule is Cc1ccc(S(=O)(=O)N2CCN(Cn3cc4c(=O)oc5ccccc5c4n3)CC2)cc1. The molecule has 160 valence electrons. The predicted octanol–water partition coefficient (Wildman–Crippen LogP) is 2.42. The minimum atomic E-state index is -3.50. The third kappa shape index (κ3) is 3.65. The Morgan fingerprint density at radius 1 is 0.968 bits per heavy atom. The van der Waals surface area contributed by atoms with Gasteiger partial charge in [-0.1, -0.05) is 29.8 Å². The molecule has 8 nitrogen and oxygen atoms in total. The first-order chi connectivity index (χ1) is 14.9. The maximum absolute atomic E-state index is 12.9. The molecule has 3 heterocycles. The van der Waals surface area contributed by atoms with Gasteiger partial charge in [-0.3, -0.25) is 9.58 Å². The molecule has 1 aliphatic heterocycles. The maximum Gasteiger partial charge on any atom is 0.347 e. The highest BCUT2D eigenvalue weighted by Gasteiger charge is 2.28. The van der Waals surface area contributed by atoms with Crippen LogP contribution in [0.25, 0.3) is 21.9 Å². The lowest BCUT2D eigenvalue weighted by atomic mass is 10.2. The zero-order chi connectivity index (χ0) is 21.6. The highest BCUT2D eigenvalue weighted by Crippen LogP contribution is 2.22. The quantitative estimate of drug-likeness (QED) is 0.455. The van der Waals surface area contributed by atoms with E-state index in [-0.39, 0.29) is 0 Å². The summed E-state index contributed by atoms with van der Waals surface area (Å²) >= 11 is 0. The normalized spacial score (nSPS) is 16.3. The molecule has 4 aromatic rings. The fourth-order valence-corrected chi connectivity index (χ4v) is 5.35. The average Bonchev–Trinajstić information content (AvgIpc) is 3.19. The van der Waals surface area contributed by atoms with E-state index in [4.69, 9.17) is 4.42 Å². The number of nitrogens with zero attached hydrogens (tertiary/aromatic N) is 4. The molecule has 1 aliphatic rings. The molecule has 0 N–H and O–H groups in total. The minimum absolute atomic E-state index is 0.323. The van der Waals surface area contributed by atoms with Crippen molar-refractivity contribution >= 4 is 31.9 Å². The summed E-state index contributed by atoms with van der Waals surface area (Å²) < 4.78 is 34.4. The molecule has 1 saturated heterocycles. The topological polar surface area (TPSA) is 88.7 Å². The van der Waals surface area contributed by atoms with E-state index in [2.05, 4.69) is 10.00 Å². The monoisotopic (exact) mass is 438 g/mol. The number of para-hydroxylation sites is 1. The Bertz CT molecular complexity index is 1420. The molecule has 0 amide bonds. The van der Waals surface area contributed by atoms with Crippen LogP contribution in [0.4, 0.5) is 0 Å². The Kier molecular flexibility index (Phi) is 4.88. The van der Waals surface area contributed by atoms with Crippen molar-refractivity contribution in [1.82, 2.24) is 19.0 Å². The van der Waals surface area contributed by atoms with Crippen LogP contribution in [-0.2, 0) is 16.7 Å². The van der Waals surface area contributed by atoms with E-state index < -0.39 is 15.6 Å². The van der Waals surface area contributed by atoms with Crippen molar-refractivity contribution in [2.75, 3.05) is 26.2 Å². The number of aryl methyl sites for hydroxylation is 1. The summed E-state index contributed by atoms with van der Waals surface area (Å²) in [7, 11) is -3.50. The molecular formula is C22H22N4O4S. The average molecular weight is 439 g/mol. The van der Waals surface area contributed by atoms with Crippen molar-refractivity contribution in [2.24, 2.45) is 0 Å². The number of sulfonamides is 1. The van der Waals surface area contributed by atoms with Gasteiger partial charge >= 0.3 is 5.63 Å². The van der Waals surface area contributed by atoms with Crippen LogP contribution in [-0.4, -0.2) is 53.6 Å². The first kappa shape index (κ1) is 19.9. The molecule has 0 bridgehead atoms. The lowest BCUT2D eigenvalue weighted by Gasteiger charge is -2.33. The van der Waals surface area contributed by atoms with Crippen molar-refractivity contribution < 1.29 is 12.8 Å². The van der Waals surface area contributed by atoms with Gasteiger partial charge in [0.05, 0.1) is 11.6 Å². The summed E-state index contributed by atoms with van der Waals surface area (Å²) in [6.07, 6.45) is 1.70. The molecule has 2 aromatic carbocycles. The third-order valence-electron chi connectivity index (χ3n) is 5.66. The van der Waals surface area contributed by atoms with Crippen molar-refractivity contribution in [3.63, 3.8) is 0 Å². The molecule has 0 saturated carbocycles. The van der Waals surface area contributed by atoms with Crippen LogP contribution in [0.15, 0.2) is 68.8 Å². The number of piperazine rings is 1. The van der Waals surface area contributed by atoms with Crippen LogP contribution in [0.5, 0.6) is 0 Å². The van der Waals surface area contributed by atoms with Crippen LogP contribution in [0, 0.1) is 6.92 Å². The second-order valence-corrected chi connectivity index (χ2v) is 9.73. The summed E-state index contributed by atoms with van der Waals surface area (Å²) in [6.45, 7) is 4.37. The van der Waals surface area contributed by atoms with E-state index in [0.717, 1.165) is 10.9 Å². The van der Waals surface area contributed by atoms with Gasteiger partial charge in [-0.15, -0.1) is 0 Å². The Morgan fingerprint density at radius 2 is 1.68 bits per heavy atom. The molecule has 31 heavy (non-hydrogen) atoms. The molecule has 1 fully saturated rings. The second-order valence-electron chi connectivity index (χ2n) is 7.79. The van der Waals surface area contributed by atoms with Crippen LogP contribution in [0.3, 0.4) is 0 Å². The standard InChI is InChI=1S/C22H22N4O4S/c1-16-6-8-17(9-7-16)31(28,29)26-12-10-24(11-13-26)15-25-14-19-21(23-25)18-4-2-3-5-20(18)30-22(19)27/h2-9,14H,10-13,15H2,1H3. The number of rotatable bonds is 4. The van der Waals surface area contributed by atoms with E-state index in [1.807, 2.05) is 37.3 Å². The summed E-state index contributed by atoms with van der Waals surface area (Å²) in [5.74, 6) is 0. The Hall–Kier alpha value is -3.01. The van der Waals surface area contributed by atoms with Gasteiger partial charge in [0.15, 0.2) is 0 Å². The largest absolute Gasteiger partial charge is 0.422 e. The van der Waals surface area contributed by atoms with Crippen LogP contribution >= 0.6 is 0 Å². The molecule has 0 spiro atoms. The summed E-state index contributed by atoms with van der Waals surface area (Å²) in [5, 5.41) is 5.84. The second kappa shape index (κ2) is 7.60. The summed E-state index contributed by atoms with van der Waals surface area (Å²) in [4.78, 5) is 14.7. The van der Waals surface area contributed by atoms with Gasteiger partial charge in [-0.25, -0.2) is 13.2 Å². The summed E-state index contributed by atoms with van der Waals surface area (Å²) in [6, 6.07) is 14.3. The summed E-state index contributed by atoms with van der Waals surface area (Å²) in [5.41, 5.74) is 1.75. The van der Waals surface area contributed by atoms with Crippen molar-refractivity contribution in [2.45, 2.75) is 18.5 Å². The van der Waals surface area contributed by atoms with Crippen LogP contribution < -0.4 is 5.63 Å². The van der Waals surface area contributed by atoms with Crippen molar-refractivity contribution in [1.29, 1.82) is 0 Å². The first-order valence-electron chi connectivity index (χ1n) is 10.1. The van der Waals surface area contributed by atoms with Crippen LogP contribution in [0.2, 0.25) is 0 Å². The van der Waals surface area contributed by atoms with E-state index in [9.17, 15) is 13.2 Å². The molecular weight excluding hydrogens is 416 g/mol. The number of hydrogen-bond acceptors (Lipinski definition) is 6. The molecule has 2 aromatic heterocycles. The number of benzene rings is 2. The fraction of sp³-hybridized carbons (Fsp3) is 0.273. The van der Waals surface area contributed by atoms with Gasteiger partial charge in [0, 0.05) is 37.8 Å². The first-order valence-corrected chi connectivity index (χ1v) is 11.5. The molecule has 9 heteroatoms. The lowest BCUT2D eigenvalue weighted by molar-refractivity contribution is 0.146.